The molecule has 0 unspecified atom stereocenters. The van der Waals surface area contributed by atoms with Gasteiger partial charge in [-0.05, 0) is 23.8 Å². The van der Waals surface area contributed by atoms with Gasteiger partial charge < -0.3 is 9.80 Å². The number of carbonyl (C=O) groups is 1. The zero-order valence-electron chi connectivity index (χ0n) is 14.0. The molecule has 2 aromatic carbocycles. The summed E-state index contributed by atoms with van der Waals surface area (Å²) in [6.45, 7) is 2.01. The Hall–Kier alpha value is -3.15. The molecular formula is C19H19N5O. The number of likely N-dealkylation sites (N-methyl/N-ethyl adjacent to an activating group) is 1. The normalized spacial score (nSPS) is 13.6. The van der Waals surface area contributed by atoms with E-state index in [0.717, 1.165) is 23.5 Å². The molecule has 2 heterocycles. The minimum Gasteiger partial charge on any atom is -0.371 e. The molecule has 0 saturated carbocycles. The molecule has 0 radical (unpaired) electrons. The van der Waals surface area contributed by atoms with Crippen LogP contribution in [0.25, 0.3) is 0 Å². The summed E-state index contributed by atoms with van der Waals surface area (Å²) in [5.74, 6) is 0.0243. The SMILES string of the molecule is CN1CCN(C(=O)c2ccccc2Cn2cncn2)c2ccccc21. The molecule has 0 atom stereocenters. The third-order valence-corrected chi connectivity index (χ3v) is 4.53. The Morgan fingerprint density at radius 3 is 2.60 bits per heavy atom. The van der Waals surface area contributed by atoms with Crippen LogP contribution in [-0.2, 0) is 6.54 Å². The maximum absolute atomic E-state index is 13.3. The van der Waals surface area contributed by atoms with Crippen molar-refractivity contribution in [3.05, 3.63) is 72.3 Å². The van der Waals surface area contributed by atoms with E-state index >= 15 is 0 Å². The first-order valence-electron chi connectivity index (χ1n) is 8.26. The van der Waals surface area contributed by atoms with Crippen molar-refractivity contribution in [3.8, 4) is 0 Å². The average Bonchev–Trinajstić information content (AvgIpc) is 3.15. The molecule has 6 heteroatoms. The fourth-order valence-corrected chi connectivity index (χ4v) is 3.22. The lowest BCUT2D eigenvalue weighted by Crippen LogP contribution is -2.43. The second-order valence-electron chi connectivity index (χ2n) is 6.12. The third kappa shape index (κ3) is 2.87. The predicted octanol–water partition coefficient (Wildman–Crippen LogP) is 2.42. The van der Waals surface area contributed by atoms with Crippen LogP contribution in [0.2, 0.25) is 0 Å². The number of hydrogen-bond acceptors (Lipinski definition) is 4. The second-order valence-corrected chi connectivity index (χ2v) is 6.12. The fraction of sp³-hybridized carbons (Fsp3) is 0.211. The summed E-state index contributed by atoms with van der Waals surface area (Å²) in [6.07, 6.45) is 3.16. The number of para-hydroxylation sites is 2. The number of nitrogens with zero attached hydrogens (tertiary/aromatic N) is 5. The van der Waals surface area contributed by atoms with E-state index in [9.17, 15) is 4.79 Å². The lowest BCUT2D eigenvalue weighted by atomic mass is 10.0. The van der Waals surface area contributed by atoms with Gasteiger partial charge in [-0.3, -0.25) is 4.79 Å². The number of carbonyl (C=O) groups excluding carboxylic acids is 1. The number of hydrogen-bond donors (Lipinski definition) is 0. The predicted molar refractivity (Wildman–Crippen MR) is 97.0 cm³/mol. The Morgan fingerprint density at radius 2 is 1.80 bits per heavy atom. The summed E-state index contributed by atoms with van der Waals surface area (Å²) in [7, 11) is 2.05. The molecule has 1 aliphatic rings. The highest BCUT2D eigenvalue weighted by Crippen LogP contribution is 2.33. The smallest absolute Gasteiger partial charge is 0.258 e. The van der Waals surface area contributed by atoms with Gasteiger partial charge in [0.25, 0.3) is 5.91 Å². The minimum absolute atomic E-state index is 0.0243. The molecule has 0 fully saturated rings. The summed E-state index contributed by atoms with van der Waals surface area (Å²) < 4.78 is 1.73. The molecule has 1 amide bonds. The van der Waals surface area contributed by atoms with E-state index in [1.54, 1.807) is 11.0 Å². The number of amides is 1. The van der Waals surface area contributed by atoms with Crippen LogP contribution >= 0.6 is 0 Å². The van der Waals surface area contributed by atoms with Crippen molar-refractivity contribution in [2.75, 3.05) is 29.9 Å². The lowest BCUT2D eigenvalue weighted by molar-refractivity contribution is 0.0985. The molecule has 25 heavy (non-hydrogen) atoms. The summed E-state index contributed by atoms with van der Waals surface area (Å²) >= 11 is 0. The van der Waals surface area contributed by atoms with E-state index in [2.05, 4.69) is 28.1 Å². The Kier molecular flexibility index (Phi) is 3.93. The van der Waals surface area contributed by atoms with Gasteiger partial charge in [-0.15, -0.1) is 0 Å². The third-order valence-electron chi connectivity index (χ3n) is 4.53. The van der Waals surface area contributed by atoms with Gasteiger partial charge in [0.15, 0.2) is 0 Å². The summed E-state index contributed by atoms with van der Waals surface area (Å²) in [5, 5.41) is 4.14. The van der Waals surface area contributed by atoms with E-state index in [0.29, 0.717) is 18.7 Å². The van der Waals surface area contributed by atoms with Crippen LogP contribution in [0.15, 0.2) is 61.2 Å². The zero-order valence-corrected chi connectivity index (χ0v) is 14.0. The topological polar surface area (TPSA) is 54.3 Å². The monoisotopic (exact) mass is 333 g/mol. The quantitative estimate of drug-likeness (QED) is 0.739. The fourth-order valence-electron chi connectivity index (χ4n) is 3.22. The first kappa shape index (κ1) is 15.4. The van der Waals surface area contributed by atoms with E-state index in [4.69, 9.17) is 0 Å². The van der Waals surface area contributed by atoms with Gasteiger partial charge in [-0.1, -0.05) is 30.3 Å². The molecule has 126 valence electrons. The Morgan fingerprint density at radius 1 is 1.04 bits per heavy atom. The van der Waals surface area contributed by atoms with E-state index in [-0.39, 0.29) is 5.91 Å². The molecule has 6 nitrogen and oxygen atoms in total. The van der Waals surface area contributed by atoms with Gasteiger partial charge in [0, 0.05) is 25.7 Å². The average molecular weight is 333 g/mol. The van der Waals surface area contributed by atoms with Gasteiger partial charge in [-0.25, -0.2) is 9.67 Å². The molecule has 0 aliphatic carbocycles. The molecule has 0 spiro atoms. The zero-order chi connectivity index (χ0) is 17.2. The molecule has 1 aliphatic heterocycles. The molecule has 0 saturated heterocycles. The highest BCUT2D eigenvalue weighted by atomic mass is 16.2. The van der Waals surface area contributed by atoms with Gasteiger partial charge >= 0.3 is 0 Å². The molecule has 0 N–H and O–H groups in total. The maximum atomic E-state index is 13.3. The summed E-state index contributed by atoms with van der Waals surface area (Å²) in [6, 6.07) is 15.7. The Labute approximate surface area is 146 Å². The molecule has 1 aromatic heterocycles. The van der Waals surface area contributed by atoms with Crippen molar-refractivity contribution in [2.24, 2.45) is 0 Å². The first-order valence-corrected chi connectivity index (χ1v) is 8.26. The van der Waals surface area contributed by atoms with E-state index in [1.165, 1.54) is 6.33 Å². The maximum Gasteiger partial charge on any atom is 0.258 e. The summed E-state index contributed by atoms with van der Waals surface area (Å²) in [5.41, 5.74) is 3.68. The van der Waals surface area contributed by atoms with Crippen molar-refractivity contribution in [1.82, 2.24) is 14.8 Å². The number of benzene rings is 2. The summed E-state index contributed by atoms with van der Waals surface area (Å²) in [4.78, 5) is 21.3. The molecular weight excluding hydrogens is 314 g/mol. The van der Waals surface area contributed by atoms with Crippen LogP contribution in [0.5, 0.6) is 0 Å². The highest BCUT2D eigenvalue weighted by Gasteiger charge is 2.26. The van der Waals surface area contributed by atoms with Crippen LogP contribution in [0, 0.1) is 0 Å². The van der Waals surface area contributed by atoms with Gasteiger partial charge in [0.1, 0.15) is 12.7 Å². The van der Waals surface area contributed by atoms with Crippen LogP contribution < -0.4 is 9.80 Å². The van der Waals surface area contributed by atoms with Crippen LogP contribution in [-0.4, -0.2) is 40.8 Å². The van der Waals surface area contributed by atoms with Crippen molar-refractivity contribution in [2.45, 2.75) is 6.54 Å². The van der Waals surface area contributed by atoms with Crippen LogP contribution in [0.3, 0.4) is 0 Å². The van der Waals surface area contributed by atoms with Crippen LogP contribution in [0.4, 0.5) is 11.4 Å². The highest BCUT2D eigenvalue weighted by molar-refractivity contribution is 6.09. The number of anilines is 2. The van der Waals surface area contributed by atoms with Crippen LogP contribution in [0.1, 0.15) is 15.9 Å². The molecule has 3 aromatic rings. The van der Waals surface area contributed by atoms with Gasteiger partial charge in [-0.2, -0.15) is 5.10 Å². The molecule has 4 rings (SSSR count). The minimum atomic E-state index is 0.0243. The van der Waals surface area contributed by atoms with Gasteiger partial charge in [0.05, 0.1) is 17.9 Å². The van der Waals surface area contributed by atoms with Crippen molar-refractivity contribution in [3.63, 3.8) is 0 Å². The number of aromatic nitrogens is 3. The van der Waals surface area contributed by atoms with E-state index in [1.807, 2.05) is 47.4 Å². The largest absolute Gasteiger partial charge is 0.371 e. The molecule has 0 bridgehead atoms. The van der Waals surface area contributed by atoms with Crippen molar-refractivity contribution >= 4 is 17.3 Å². The number of fused-ring (bicyclic) bond motifs is 1. The Balaban J connectivity index is 1.69. The van der Waals surface area contributed by atoms with E-state index < -0.39 is 0 Å². The first-order chi connectivity index (χ1) is 12.2. The lowest BCUT2D eigenvalue weighted by Gasteiger charge is -2.36. The second kappa shape index (κ2) is 6.39. The number of rotatable bonds is 3. The Bertz CT molecular complexity index is 890. The van der Waals surface area contributed by atoms with Crippen molar-refractivity contribution in [1.29, 1.82) is 0 Å². The standard InChI is InChI=1S/C19H19N5O/c1-22-10-11-24(18-9-5-4-8-17(18)22)19(25)16-7-3-2-6-15(16)12-23-14-20-13-21-23/h2-9,13-14H,10-12H2,1H3. The van der Waals surface area contributed by atoms with Gasteiger partial charge in [0.2, 0.25) is 0 Å². The van der Waals surface area contributed by atoms with Crippen molar-refractivity contribution < 1.29 is 4.79 Å².